The third-order valence-electron chi connectivity index (χ3n) is 2.63. The topological polar surface area (TPSA) is 31.6 Å². The molecule has 18 heavy (non-hydrogen) atoms. The summed E-state index contributed by atoms with van der Waals surface area (Å²) in [7, 11) is -2.49. The third kappa shape index (κ3) is 4.44. The molecular weight excluding hydrogens is 266 g/mol. The summed E-state index contributed by atoms with van der Waals surface area (Å²) in [6.45, 7) is 10.9. The van der Waals surface area contributed by atoms with Gasteiger partial charge in [0.2, 0.25) is 5.51 Å². The molecule has 0 aromatic carbocycles. The van der Waals surface area contributed by atoms with Gasteiger partial charge in [-0.15, -0.1) is 0 Å². The SMILES string of the molecule is CCO[Si](CC[n+]1cscc1C)(OCC)OCC. The van der Waals surface area contributed by atoms with Crippen LogP contribution in [0.15, 0.2) is 10.9 Å². The summed E-state index contributed by atoms with van der Waals surface area (Å²) in [5.74, 6) is 0. The quantitative estimate of drug-likeness (QED) is 0.517. The molecule has 0 saturated heterocycles. The number of nitrogens with zero attached hydrogens (tertiary/aromatic N) is 1. The van der Waals surface area contributed by atoms with Crippen molar-refractivity contribution in [2.24, 2.45) is 0 Å². The smallest absolute Gasteiger partial charge is 0.374 e. The average molecular weight is 290 g/mol. The lowest BCUT2D eigenvalue weighted by atomic mass is 10.5. The first-order valence-corrected chi connectivity index (χ1v) is 9.39. The lowest BCUT2D eigenvalue weighted by Crippen LogP contribution is -2.49. The zero-order chi connectivity index (χ0) is 13.4. The maximum atomic E-state index is 5.83. The van der Waals surface area contributed by atoms with Crippen LogP contribution in [0.3, 0.4) is 0 Å². The van der Waals surface area contributed by atoms with Gasteiger partial charge in [0, 0.05) is 26.7 Å². The molecule has 1 aromatic heterocycles. The molecule has 1 aromatic rings. The standard InChI is InChI=1S/C12H24NO3SSi/c1-5-14-18(15-6-2,16-7-3)9-8-13-11-17-10-12(13)4/h10-11H,5-9H2,1-4H3/q+1. The molecule has 0 atom stereocenters. The van der Waals surface area contributed by atoms with Crippen molar-refractivity contribution in [1.82, 2.24) is 0 Å². The van der Waals surface area contributed by atoms with Gasteiger partial charge in [-0.1, -0.05) is 11.3 Å². The van der Waals surface area contributed by atoms with Gasteiger partial charge in [-0.25, -0.2) is 0 Å². The van der Waals surface area contributed by atoms with E-state index in [2.05, 4.69) is 22.4 Å². The molecule has 0 aliphatic carbocycles. The van der Waals surface area contributed by atoms with Crippen LogP contribution in [0.2, 0.25) is 6.04 Å². The van der Waals surface area contributed by atoms with Crippen molar-refractivity contribution in [2.45, 2.75) is 40.3 Å². The Labute approximate surface area is 115 Å². The monoisotopic (exact) mass is 290 g/mol. The average Bonchev–Trinajstić information content (AvgIpc) is 2.73. The predicted octanol–water partition coefficient (Wildman–Crippen LogP) is 2.39. The second-order valence-electron chi connectivity index (χ2n) is 3.93. The molecule has 0 fully saturated rings. The summed E-state index contributed by atoms with van der Waals surface area (Å²) in [6.07, 6.45) is 0. The molecule has 0 radical (unpaired) electrons. The van der Waals surface area contributed by atoms with Gasteiger partial charge in [-0.3, -0.25) is 0 Å². The zero-order valence-corrected chi connectivity index (χ0v) is 13.6. The predicted molar refractivity (Wildman–Crippen MR) is 74.7 cm³/mol. The van der Waals surface area contributed by atoms with Crippen molar-refractivity contribution in [3.8, 4) is 0 Å². The lowest BCUT2D eigenvalue weighted by molar-refractivity contribution is -0.695. The van der Waals surface area contributed by atoms with Crippen LogP contribution < -0.4 is 4.57 Å². The van der Waals surface area contributed by atoms with Gasteiger partial charge in [0.15, 0.2) is 12.2 Å². The van der Waals surface area contributed by atoms with Gasteiger partial charge in [-0.05, 0) is 20.8 Å². The van der Waals surface area contributed by atoms with Crippen molar-refractivity contribution in [2.75, 3.05) is 19.8 Å². The van der Waals surface area contributed by atoms with E-state index in [0.29, 0.717) is 19.8 Å². The van der Waals surface area contributed by atoms with E-state index < -0.39 is 8.80 Å². The van der Waals surface area contributed by atoms with Gasteiger partial charge in [0.1, 0.15) is 0 Å². The molecule has 1 rings (SSSR count). The maximum Gasteiger partial charge on any atom is 0.507 e. The highest BCUT2D eigenvalue weighted by molar-refractivity contribution is 7.07. The summed E-state index contributed by atoms with van der Waals surface area (Å²) in [6, 6.07) is 0.824. The molecule has 0 saturated carbocycles. The Morgan fingerprint density at radius 3 is 2.06 bits per heavy atom. The normalized spacial score (nSPS) is 12.0. The number of hydrogen-bond acceptors (Lipinski definition) is 4. The molecule has 0 aliphatic heterocycles. The Balaban J connectivity index is 2.67. The van der Waals surface area contributed by atoms with Gasteiger partial charge in [0.05, 0.1) is 11.4 Å². The molecule has 104 valence electrons. The van der Waals surface area contributed by atoms with Crippen LogP contribution in [-0.4, -0.2) is 28.6 Å². The first kappa shape index (κ1) is 15.8. The third-order valence-corrected chi connectivity index (χ3v) is 6.51. The maximum absolute atomic E-state index is 5.83. The summed E-state index contributed by atoms with van der Waals surface area (Å²) in [5, 5.41) is 2.14. The number of thiazole rings is 1. The Hall–Kier alpha value is -0.273. The molecule has 0 unspecified atom stereocenters. The van der Waals surface area contributed by atoms with E-state index in [1.165, 1.54) is 5.69 Å². The summed E-state index contributed by atoms with van der Waals surface area (Å²) < 4.78 is 19.7. The fraction of sp³-hybridized carbons (Fsp3) is 0.750. The fourth-order valence-corrected chi connectivity index (χ4v) is 5.17. The fourth-order valence-electron chi connectivity index (χ4n) is 1.84. The van der Waals surface area contributed by atoms with Gasteiger partial charge in [0.25, 0.3) is 0 Å². The molecule has 0 bridgehead atoms. The highest BCUT2D eigenvalue weighted by atomic mass is 32.1. The minimum absolute atomic E-state index is 0.638. The molecule has 1 heterocycles. The largest absolute Gasteiger partial charge is 0.507 e. The van der Waals surface area contributed by atoms with E-state index in [4.69, 9.17) is 13.3 Å². The molecule has 0 amide bonds. The van der Waals surface area contributed by atoms with Crippen LogP contribution in [0, 0.1) is 6.92 Å². The Bertz CT molecular complexity index is 329. The van der Waals surface area contributed by atoms with E-state index in [1.807, 2.05) is 20.8 Å². The van der Waals surface area contributed by atoms with Gasteiger partial charge >= 0.3 is 8.80 Å². The number of aromatic nitrogens is 1. The highest BCUT2D eigenvalue weighted by Crippen LogP contribution is 2.16. The van der Waals surface area contributed by atoms with E-state index in [9.17, 15) is 0 Å². The molecule has 4 nitrogen and oxygen atoms in total. The van der Waals surface area contributed by atoms with Crippen LogP contribution in [0.4, 0.5) is 0 Å². The van der Waals surface area contributed by atoms with Gasteiger partial charge < -0.3 is 13.3 Å². The second kappa shape index (κ2) is 8.01. The molecule has 0 N–H and O–H groups in total. The minimum Gasteiger partial charge on any atom is -0.374 e. The summed E-state index contributed by atoms with van der Waals surface area (Å²) >= 11 is 1.71. The Morgan fingerprint density at radius 2 is 1.67 bits per heavy atom. The first-order chi connectivity index (χ1) is 8.67. The summed E-state index contributed by atoms with van der Waals surface area (Å²) in [4.78, 5) is 0. The van der Waals surface area contributed by atoms with E-state index in [0.717, 1.165) is 12.6 Å². The zero-order valence-electron chi connectivity index (χ0n) is 11.8. The highest BCUT2D eigenvalue weighted by Gasteiger charge is 2.41. The second-order valence-corrected chi connectivity index (χ2v) is 7.38. The van der Waals surface area contributed by atoms with Crippen LogP contribution in [0.5, 0.6) is 0 Å². The number of rotatable bonds is 9. The molecular formula is C12H24NO3SSi+. The van der Waals surface area contributed by atoms with E-state index >= 15 is 0 Å². The molecule has 0 spiro atoms. The summed E-state index contributed by atoms with van der Waals surface area (Å²) in [5.41, 5.74) is 3.39. The molecule has 0 aliphatic rings. The minimum atomic E-state index is -2.49. The number of hydrogen-bond donors (Lipinski definition) is 0. The lowest BCUT2D eigenvalue weighted by Gasteiger charge is -2.27. The van der Waals surface area contributed by atoms with Gasteiger partial charge in [-0.2, -0.15) is 4.57 Å². The van der Waals surface area contributed by atoms with Crippen LogP contribution in [0.25, 0.3) is 0 Å². The van der Waals surface area contributed by atoms with Crippen molar-refractivity contribution in [1.29, 1.82) is 0 Å². The molecule has 6 heteroatoms. The number of aryl methyl sites for hydroxylation is 2. The van der Waals surface area contributed by atoms with Crippen LogP contribution >= 0.6 is 11.3 Å². The van der Waals surface area contributed by atoms with E-state index in [-0.39, 0.29) is 0 Å². The van der Waals surface area contributed by atoms with Crippen LogP contribution in [0.1, 0.15) is 26.5 Å². The van der Waals surface area contributed by atoms with E-state index in [1.54, 1.807) is 11.3 Å². The van der Waals surface area contributed by atoms with Crippen LogP contribution in [-0.2, 0) is 19.8 Å². The van der Waals surface area contributed by atoms with Crippen molar-refractivity contribution in [3.05, 3.63) is 16.6 Å². The van der Waals surface area contributed by atoms with Crippen molar-refractivity contribution >= 4 is 20.1 Å². The Morgan fingerprint density at radius 1 is 1.11 bits per heavy atom. The Kier molecular flexibility index (Phi) is 7.02. The van der Waals surface area contributed by atoms with Crippen molar-refractivity contribution in [3.63, 3.8) is 0 Å². The van der Waals surface area contributed by atoms with Crippen molar-refractivity contribution < 1.29 is 17.8 Å². The first-order valence-electron chi connectivity index (χ1n) is 6.51.